The van der Waals surface area contributed by atoms with Crippen molar-refractivity contribution in [3.05, 3.63) is 29.9 Å². The van der Waals surface area contributed by atoms with Crippen LogP contribution in [0, 0.1) is 52.3 Å². The van der Waals surface area contributed by atoms with Crippen LogP contribution in [-0.2, 0) is 4.79 Å². The number of aromatic amines is 1. The van der Waals surface area contributed by atoms with Crippen LogP contribution in [0.1, 0.15) is 123 Å². The summed E-state index contributed by atoms with van der Waals surface area (Å²) < 4.78 is 0. The van der Waals surface area contributed by atoms with Gasteiger partial charge in [0, 0.05) is 17.8 Å². The fourth-order valence-corrected chi connectivity index (χ4v) is 10.2. The maximum Gasteiger partial charge on any atom is 0.304 e. The topological polar surface area (TPSA) is 66.0 Å². The first-order valence-corrected chi connectivity index (χ1v) is 15.5. The van der Waals surface area contributed by atoms with E-state index in [1.165, 1.54) is 57.8 Å². The summed E-state index contributed by atoms with van der Waals surface area (Å²) in [6.07, 6.45) is 20.9. The number of nitrogens with one attached hydrogen (secondary N) is 1. The van der Waals surface area contributed by atoms with E-state index in [1.54, 1.807) is 11.9 Å². The second-order valence-corrected chi connectivity index (χ2v) is 14.5. The van der Waals surface area contributed by atoms with E-state index in [2.05, 4.69) is 50.7 Å². The Bertz CT molecular complexity index is 967. The van der Waals surface area contributed by atoms with E-state index in [4.69, 9.17) is 0 Å². The van der Waals surface area contributed by atoms with Crippen molar-refractivity contribution in [2.24, 2.45) is 52.3 Å². The molecule has 4 nitrogen and oxygen atoms in total. The van der Waals surface area contributed by atoms with Gasteiger partial charge in [-0.3, -0.25) is 4.79 Å². The maximum atomic E-state index is 11.7. The molecule has 0 aliphatic heterocycles. The molecule has 2 N–H and O–H groups in total. The Morgan fingerprint density at radius 2 is 1.92 bits per heavy atom. The third-order valence-corrected chi connectivity index (χ3v) is 12.2. The van der Waals surface area contributed by atoms with Gasteiger partial charge < -0.3 is 10.1 Å². The zero-order valence-electron chi connectivity index (χ0n) is 24.1. The SMILES string of the molecule is CC(C)CCCC(C)[C@H]1CCC2C3CC=C4C[C@@H]([C@@H](CC(=O)O)c5cnc[nH]5)CC[C@]4(C)C3CC[C@@]21C. The van der Waals surface area contributed by atoms with Gasteiger partial charge in [0.15, 0.2) is 0 Å². The highest BCUT2D eigenvalue weighted by molar-refractivity contribution is 5.68. The molecule has 0 aromatic carbocycles. The molecule has 0 bridgehead atoms. The van der Waals surface area contributed by atoms with Crippen molar-refractivity contribution >= 4 is 5.97 Å². The largest absolute Gasteiger partial charge is 0.481 e. The lowest BCUT2D eigenvalue weighted by Gasteiger charge is -2.59. The Labute approximate surface area is 225 Å². The number of carboxylic acids is 1. The van der Waals surface area contributed by atoms with Crippen LogP contribution in [0.2, 0.25) is 0 Å². The number of aromatic nitrogens is 2. The Kier molecular flexibility index (Phi) is 7.69. The van der Waals surface area contributed by atoms with Crippen LogP contribution < -0.4 is 0 Å². The zero-order chi connectivity index (χ0) is 26.4. The first kappa shape index (κ1) is 27.0. The molecule has 4 aliphatic carbocycles. The molecule has 1 heterocycles. The Hall–Kier alpha value is -1.58. The lowest BCUT2D eigenvalue weighted by molar-refractivity contribution is -0.137. The second-order valence-electron chi connectivity index (χ2n) is 14.5. The Morgan fingerprint density at radius 1 is 1.11 bits per heavy atom. The molecule has 5 rings (SSSR count). The van der Waals surface area contributed by atoms with E-state index < -0.39 is 5.97 Å². The van der Waals surface area contributed by atoms with Gasteiger partial charge >= 0.3 is 5.97 Å². The van der Waals surface area contributed by atoms with Gasteiger partial charge in [-0.2, -0.15) is 0 Å². The first-order valence-electron chi connectivity index (χ1n) is 15.5. The highest BCUT2D eigenvalue weighted by Gasteiger charge is 2.59. The third-order valence-electron chi connectivity index (χ3n) is 12.2. The number of aliphatic carboxylic acids is 1. The van der Waals surface area contributed by atoms with E-state index in [0.717, 1.165) is 54.0 Å². The van der Waals surface area contributed by atoms with E-state index >= 15 is 0 Å². The molecule has 1 aromatic rings. The summed E-state index contributed by atoms with van der Waals surface area (Å²) in [5.74, 6) is 4.87. The van der Waals surface area contributed by atoms with Crippen molar-refractivity contribution in [3.8, 4) is 0 Å². The molecule has 0 saturated heterocycles. The minimum absolute atomic E-state index is 0.0330. The second kappa shape index (κ2) is 10.5. The number of imidazole rings is 1. The van der Waals surface area contributed by atoms with Crippen molar-refractivity contribution in [3.63, 3.8) is 0 Å². The molecule has 206 valence electrons. The summed E-state index contributed by atoms with van der Waals surface area (Å²) >= 11 is 0. The lowest BCUT2D eigenvalue weighted by Crippen LogP contribution is -2.50. The van der Waals surface area contributed by atoms with E-state index in [0.29, 0.717) is 16.7 Å². The molecule has 0 amide bonds. The van der Waals surface area contributed by atoms with Gasteiger partial charge in [-0.05, 0) is 104 Å². The summed E-state index contributed by atoms with van der Waals surface area (Å²) in [6.45, 7) is 12.6. The highest BCUT2D eigenvalue weighted by atomic mass is 16.4. The Morgan fingerprint density at radius 3 is 2.62 bits per heavy atom. The van der Waals surface area contributed by atoms with Gasteiger partial charge in [0.2, 0.25) is 0 Å². The number of hydrogen-bond acceptors (Lipinski definition) is 2. The minimum Gasteiger partial charge on any atom is -0.481 e. The third kappa shape index (κ3) is 4.96. The maximum absolute atomic E-state index is 11.7. The van der Waals surface area contributed by atoms with Crippen LogP contribution >= 0.6 is 0 Å². The van der Waals surface area contributed by atoms with Gasteiger partial charge in [0.25, 0.3) is 0 Å². The average molecular weight is 509 g/mol. The fourth-order valence-electron chi connectivity index (χ4n) is 10.2. The molecule has 9 atom stereocenters. The fraction of sp³-hybridized carbons (Fsp3) is 0.818. The minimum atomic E-state index is -0.702. The zero-order valence-corrected chi connectivity index (χ0v) is 24.1. The lowest BCUT2D eigenvalue weighted by atomic mass is 9.46. The number of fused-ring (bicyclic) bond motifs is 5. The monoisotopic (exact) mass is 508 g/mol. The molecule has 0 radical (unpaired) electrons. The molecular formula is C33H52N2O2. The highest BCUT2D eigenvalue weighted by Crippen LogP contribution is 2.68. The molecule has 1 aromatic heterocycles. The normalized spacial score (nSPS) is 38.9. The number of carbonyl (C=O) groups is 1. The number of H-pyrrole nitrogens is 1. The molecule has 3 saturated carbocycles. The number of carboxylic acid groups (broad SMARTS) is 1. The van der Waals surface area contributed by atoms with Crippen LogP contribution in [0.25, 0.3) is 0 Å². The van der Waals surface area contributed by atoms with Crippen LogP contribution in [0.15, 0.2) is 24.2 Å². The summed E-state index contributed by atoms with van der Waals surface area (Å²) in [5, 5.41) is 9.65. The van der Waals surface area contributed by atoms with Crippen LogP contribution in [0.3, 0.4) is 0 Å². The number of hydrogen-bond donors (Lipinski definition) is 2. The number of allylic oxidation sites excluding steroid dienone is 2. The van der Waals surface area contributed by atoms with Crippen molar-refractivity contribution in [1.82, 2.24) is 9.97 Å². The molecule has 37 heavy (non-hydrogen) atoms. The molecule has 0 spiro atoms. The standard InChI is InChI=1S/C33H52N2O2/c1-21(2)7-6-8-22(3)27-11-12-28-25-10-9-24-17-23(26(18-31(36)37)30-19-34-20-35-30)13-15-32(24,4)29(25)14-16-33(27,28)5/h9,19-23,25-29H,6-8,10-18H2,1-5H3,(H,34,35)(H,36,37)/t22?,23-,25?,26+,27+,28?,29?,32-,33+/m0/s1. The van der Waals surface area contributed by atoms with Gasteiger partial charge in [-0.25, -0.2) is 4.98 Å². The van der Waals surface area contributed by atoms with Gasteiger partial charge in [-0.1, -0.05) is 65.5 Å². The quantitative estimate of drug-likeness (QED) is 0.328. The van der Waals surface area contributed by atoms with Crippen LogP contribution in [-0.4, -0.2) is 21.0 Å². The Balaban J connectivity index is 1.31. The number of rotatable bonds is 9. The van der Waals surface area contributed by atoms with Crippen LogP contribution in [0.5, 0.6) is 0 Å². The van der Waals surface area contributed by atoms with Crippen molar-refractivity contribution in [2.75, 3.05) is 0 Å². The molecule has 3 fully saturated rings. The summed E-state index contributed by atoms with van der Waals surface area (Å²) in [6, 6.07) is 0. The first-order chi connectivity index (χ1) is 17.6. The van der Waals surface area contributed by atoms with Gasteiger partial charge in [-0.15, -0.1) is 0 Å². The molecule has 4 heteroatoms. The smallest absolute Gasteiger partial charge is 0.304 e. The number of nitrogens with zero attached hydrogens (tertiary/aromatic N) is 1. The summed E-state index contributed by atoms with van der Waals surface area (Å²) in [4.78, 5) is 19.2. The van der Waals surface area contributed by atoms with E-state index in [9.17, 15) is 9.90 Å². The van der Waals surface area contributed by atoms with Crippen LogP contribution in [0.4, 0.5) is 0 Å². The average Bonchev–Trinajstić information content (AvgIpc) is 3.49. The van der Waals surface area contributed by atoms with Crippen molar-refractivity contribution in [2.45, 2.75) is 118 Å². The van der Waals surface area contributed by atoms with E-state index in [-0.39, 0.29) is 12.3 Å². The molecule has 4 unspecified atom stereocenters. The van der Waals surface area contributed by atoms with E-state index in [1.807, 2.05) is 6.20 Å². The molecular weight excluding hydrogens is 456 g/mol. The van der Waals surface area contributed by atoms with Gasteiger partial charge in [0.05, 0.1) is 12.7 Å². The van der Waals surface area contributed by atoms with Gasteiger partial charge in [0.1, 0.15) is 0 Å². The van der Waals surface area contributed by atoms with Crippen molar-refractivity contribution in [1.29, 1.82) is 0 Å². The summed E-state index contributed by atoms with van der Waals surface area (Å²) in [5.41, 5.74) is 3.49. The predicted molar refractivity (Wildman–Crippen MR) is 150 cm³/mol. The summed E-state index contributed by atoms with van der Waals surface area (Å²) in [7, 11) is 0. The van der Waals surface area contributed by atoms with Crippen molar-refractivity contribution < 1.29 is 9.90 Å². The molecule has 4 aliphatic rings. The predicted octanol–water partition coefficient (Wildman–Crippen LogP) is 8.63.